The number of aliphatic hydroxyl groups is 1. The standard InChI is InChI=1S/C12H18N2O3/c1-9-6-5-7-10(11(9)14(16)17)13(4)8-12(2,3)15/h5-7,15H,8H2,1-4H3. The van der Waals surface area contributed by atoms with Gasteiger partial charge in [0, 0.05) is 19.2 Å². The van der Waals surface area contributed by atoms with Gasteiger partial charge in [-0.05, 0) is 26.8 Å². The molecule has 0 aliphatic rings. The molecular weight excluding hydrogens is 220 g/mol. The van der Waals surface area contributed by atoms with Gasteiger partial charge in [-0.2, -0.15) is 0 Å². The van der Waals surface area contributed by atoms with Crippen molar-refractivity contribution in [2.75, 3.05) is 18.5 Å². The van der Waals surface area contributed by atoms with Crippen LogP contribution in [0.2, 0.25) is 0 Å². The van der Waals surface area contributed by atoms with E-state index in [-0.39, 0.29) is 10.6 Å². The first-order valence-corrected chi connectivity index (χ1v) is 5.40. The fraction of sp³-hybridized carbons (Fsp3) is 0.500. The van der Waals surface area contributed by atoms with Gasteiger partial charge in [-0.15, -0.1) is 0 Å². The number of nitro benzene ring substituents is 1. The van der Waals surface area contributed by atoms with Gasteiger partial charge >= 0.3 is 0 Å². The first kappa shape index (κ1) is 13.4. The van der Waals surface area contributed by atoms with Crippen molar-refractivity contribution in [2.45, 2.75) is 26.4 Å². The third-order valence-corrected chi connectivity index (χ3v) is 2.43. The Balaban J connectivity index is 3.13. The fourth-order valence-corrected chi connectivity index (χ4v) is 1.85. The summed E-state index contributed by atoms with van der Waals surface area (Å²) in [4.78, 5) is 12.3. The van der Waals surface area contributed by atoms with E-state index in [0.29, 0.717) is 17.8 Å². The summed E-state index contributed by atoms with van der Waals surface area (Å²) in [5, 5.41) is 20.8. The molecule has 0 spiro atoms. The van der Waals surface area contributed by atoms with Crippen LogP contribution in [0, 0.1) is 17.0 Å². The number of rotatable bonds is 4. The van der Waals surface area contributed by atoms with Crippen LogP contribution in [-0.4, -0.2) is 29.2 Å². The van der Waals surface area contributed by atoms with Gasteiger partial charge < -0.3 is 10.0 Å². The zero-order valence-corrected chi connectivity index (χ0v) is 10.6. The monoisotopic (exact) mass is 238 g/mol. The maximum absolute atomic E-state index is 11.0. The average molecular weight is 238 g/mol. The van der Waals surface area contributed by atoms with E-state index in [0.717, 1.165) is 0 Å². The Morgan fingerprint density at radius 2 is 2.06 bits per heavy atom. The molecule has 94 valence electrons. The number of para-hydroxylation sites is 1. The third kappa shape index (κ3) is 3.42. The van der Waals surface area contributed by atoms with E-state index in [9.17, 15) is 15.2 Å². The molecule has 0 aliphatic carbocycles. The SMILES string of the molecule is Cc1cccc(N(C)CC(C)(C)O)c1[N+](=O)[O-]. The minimum Gasteiger partial charge on any atom is -0.389 e. The summed E-state index contributed by atoms with van der Waals surface area (Å²) >= 11 is 0. The lowest BCUT2D eigenvalue weighted by Crippen LogP contribution is -2.36. The molecule has 0 saturated heterocycles. The van der Waals surface area contributed by atoms with Gasteiger partial charge in [0.25, 0.3) is 5.69 Å². The van der Waals surface area contributed by atoms with E-state index in [1.165, 1.54) is 0 Å². The molecule has 1 N–H and O–H groups in total. The minimum atomic E-state index is -0.896. The van der Waals surface area contributed by atoms with Crippen LogP contribution >= 0.6 is 0 Å². The molecule has 0 amide bonds. The van der Waals surface area contributed by atoms with Crippen molar-refractivity contribution in [2.24, 2.45) is 0 Å². The highest BCUT2D eigenvalue weighted by molar-refractivity contribution is 5.66. The molecule has 0 unspecified atom stereocenters. The summed E-state index contributed by atoms with van der Waals surface area (Å²) in [7, 11) is 1.74. The molecule has 0 fully saturated rings. The van der Waals surface area contributed by atoms with Crippen LogP contribution in [0.25, 0.3) is 0 Å². The second-order valence-electron chi connectivity index (χ2n) is 4.87. The first-order chi connectivity index (χ1) is 7.72. The topological polar surface area (TPSA) is 66.6 Å². The van der Waals surface area contributed by atoms with Crippen LogP contribution in [0.1, 0.15) is 19.4 Å². The Morgan fingerprint density at radius 1 is 1.47 bits per heavy atom. The van der Waals surface area contributed by atoms with E-state index in [1.807, 2.05) is 0 Å². The molecule has 0 saturated carbocycles. The maximum atomic E-state index is 11.0. The molecule has 5 heteroatoms. The Bertz CT molecular complexity index is 424. The molecular formula is C12H18N2O3. The minimum absolute atomic E-state index is 0.0965. The van der Waals surface area contributed by atoms with E-state index >= 15 is 0 Å². The van der Waals surface area contributed by atoms with Crippen molar-refractivity contribution < 1.29 is 10.0 Å². The molecule has 1 aromatic rings. The largest absolute Gasteiger partial charge is 0.389 e. The molecule has 1 aromatic carbocycles. The average Bonchev–Trinajstić information content (AvgIpc) is 2.13. The van der Waals surface area contributed by atoms with Crippen LogP contribution < -0.4 is 4.90 Å². The van der Waals surface area contributed by atoms with Gasteiger partial charge in [0.1, 0.15) is 5.69 Å². The lowest BCUT2D eigenvalue weighted by Gasteiger charge is -2.27. The molecule has 0 atom stereocenters. The summed E-state index contributed by atoms with van der Waals surface area (Å²) in [5.41, 5.74) is 0.346. The highest BCUT2D eigenvalue weighted by atomic mass is 16.6. The molecule has 0 aromatic heterocycles. The quantitative estimate of drug-likeness (QED) is 0.644. The van der Waals surface area contributed by atoms with Crippen LogP contribution in [0.4, 0.5) is 11.4 Å². The molecule has 0 bridgehead atoms. The third-order valence-electron chi connectivity index (χ3n) is 2.43. The van der Waals surface area contributed by atoms with Crippen LogP contribution in [0.5, 0.6) is 0 Å². The lowest BCUT2D eigenvalue weighted by molar-refractivity contribution is -0.384. The molecule has 17 heavy (non-hydrogen) atoms. The summed E-state index contributed by atoms with van der Waals surface area (Å²) in [6, 6.07) is 5.18. The van der Waals surface area contributed by atoms with Crippen LogP contribution in [-0.2, 0) is 0 Å². The predicted molar refractivity (Wildman–Crippen MR) is 67.4 cm³/mol. The number of nitro groups is 1. The zero-order chi connectivity index (χ0) is 13.2. The van der Waals surface area contributed by atoms with E-state index in [2.05, 4.69) is 0 Å². The van der Waals surface area contributed by atoms with Crippen molar-refractivity contribution in [3.05, 3.63) is 33.9 Å². The van der Waals surface area contributed by atoms with Gasteiger partial charge in [-0.3, -0.25) is 10.1 Å². The van der Waals surface area contributed by atoms with Gasteiger partial charge in [-0.25, -0.2) is 0 Å². The molecule has 0 heterocycles. The number of hydrogen-bond acceptors (Lipinski definition) is 4. The Kier molecular flexibility index (Phi) is 3.72. The molecule has 1 rings (SSSR count). The van der Waals surface area contributed by atoms with Gasteiger partial charge in [-0.1, -0.05) is 12.1 Å². The first-order valence-electron chi connectivity index (χ1n) is 5.40. The van der Waals surface area contributed by atoms with Crippen molar-refractivity contribution in [3.63, 3.8) is 0 Å². The normalized spacial score (nSPS) is 11.4. The van der Waals surface area contributed by atoms with Crippen molar-refractivity contribution in [3.8, 4) is 0 Å². The van der Waals surface area contributed by atoms with Gasteiger partial charge in [0.05, 0.1) is 10.5 Å². The number of likely N-dealkylation sites (N-methyl/N-ethyl adjacent to an activating group) is 1. The van der Waals surface area contributed by atoms with Crippen molar-refractivity contribution >= 4 is 11.4 Å². The van der Waals surface area contributed by atoms with Crippen molar-refractivity contribution in [1.82, 2.24) is 0 Å². The van der Waals surface area contributed by atoms with Crippen LogP contribution in [0.3, 0.4) is 0 Å². The maximum Gasteiger partial charge on any atom is 0.295 e. The number of aryl methyl sites for hydroxylation is 1. The second kappa shape index (κ2) is 4.71. The molecule has 0 radical (unpaired) electrons. The smallest absolute Gasteiger partial charge is 0.295 e. The number of anilines is 1. The van der Waals surface area contributed by atoms with Gasteiger partial charge in [0.15, 0.2) is 0 Å². The molecule has 5 nitrogen and oxygen atoms in total. The summed E-state index contributed by atoms with van der Waals surface area (Å²) in [6.07, 6.45) is 0. The lowest BCUT2D eigenvalue weighted by atomic mass is 10.1. The highest BCUT2D eigenvalue weighted by Crippen LogP contribution is 2.31. The predicted octanol–water partition coefficient (Wildman–Crippen LogP) is 2.11. The fourth-order valence-electron chi connectivity index (χ4n) is 1.85. The Labute approximate surface area is 101 Å². The highest BCUT2D eigenvalue weighted by Gasteiger charge is 2.23. The number of hydrogen-bond donors (Lipinski definition) is 1. The Hall–Kier alpha value is -1.62. The number of nitrogens with zero attached hydrogens (tertiary/aromatic N) is 2. The van der Waals surface area contributed by atoms with Crippen molar-refractivity contribution in [1.29, 1.82) is 0 Å². The van der Waals surface area contributed by atoms with E-state index in [4.69, 9.17) is 0 Å². The molecule has 0 aliphatic heterocycles. The zero-order valence-electron chi connectivity index (χ0n) is 10.6. The van der Waals surface area contributed by atoms with Gasteiger partial charge in [0.2, 0.25) is 0 Å². The number of benzene rings is 1. The summed E-state index contributed by atoms with van der Waals surface area (Å²) < 4.78 is 0. The Morgan fingerprint density at radius 3 is 2.53 bits per heavy atom. The van der Waals surface area contributed by atoms with E-state index in [1.54, 1.807) is 50.9 Å². The van der Waals surface area contributed by atoms with E-state index < -0.39 is 5.60 Å². The van der Waals surface area contributed by atoms with Crippen LogP contribution in [0.15, 0.2) is 18.2 Å². The summed E-state index contributed by atoms with van der Waals surface area (Å²) in [5.74, 6) is 0. The summed E-state index contributed by atoms with van der Waals surface area (Å²) in [6.45, 7) is 5.38. The second-order valence-corrected chi connectivity index (χ2v) is 4.87.